The van der Waals surface area contributed by atoms with Crippen molar-refractivity contribution < 1.29 is 44.9 Å². The third-order valence-electron chi connectivity index (χ3n) is 4.43. The van der Waals surface area contributed by atoms with Gasteiger partial charge in [-0.2, -0.15) is 31.2 Å². The summed E-state index contributed by atoms with van der Waals surface area (Å²) in [6.07, 6.45) is 2.82. The molecule has 0 amide bonds. The minimum absolute atomic E-state index is 0.0199. The predicted octanol–water partition coefficient (Wildman–Crippen LogP) is 3.59. The van der Waals surface area contributed by atoms with E-state index in [9.17, 15) is 26.4 Å². The van der Waals surface area contributed by atoms with Crippen LogP contribution in [0.1, 0.15) is 43.0 Å². The number of ether oxygens (including phenoxy) is 1. The van der Waals surface area contributed by atoms with Gasteiger partial charge >= 0.3 is 27.7 Å². The van der Waals surface area contributed by atoms with Crippen molar-refractivity contribution in [3.05, 3.63) is 47.7 Å². The summed E-state index contributed by atoms with van der Waals surface area (Å²) in [7, 11) is -5.66. The van der Waals surface area contributed by atoms with E-state index >= 15 is 0 Å². The molecule has 0 aromatic heterocycles. The zero-order chi connectivity index (χ0) is 22.1. The van der Waals surface area contributed by atoms with Crippen LogP contribution < -0.4 is 0 Å². The molecule has 0 saturated heterocycles. The largest absolute Gasteiger partial charge is 0.534 e. The first-order valence-electron chi connectivity index (χ1n) is 8.41. The lowest BCUT2D eigenvalue weighted by Crippen LogP contribution is -2.31. The number of esters is 1. The fraction of sp³-hybridized carbons (Fsp3) is 0.444. The first kappa shape index (κ1) is 24.4. The minimum atomic E-state index is -5.66. The highest BCUT2D eigenvalue weighted by molar-refractivity contribution is 7.87. The number of hydrogen-bond donors (Lipinski definition) is 0. The van der Waals surface area contributed by atoms with Crippen LogP contribution >= 0.6 is 0 Å². The molecule has 160 valence electrons. The van der Waals surface area contributed by atoms with Crippen molar-refractivity contribution in [1.82, 2.24) is 0 Å². The predicted molar refractivity (Wildman–Crippen MR) is 92.4 cm³/mol. The molecule has 0 heterocycles. The van der Waals surface area contributed by atoms with Crippen molar-refractivity contribution in [2.75, 3.05) is 6.61 Å². The monoisotopic (exact) mass is 436 g/mol. The van der Waals surface area contributed by atoms with E-state index in [0.717, 1.165) is 0 Å². The maximum Gasteiger partial charge on any atom is 0.534 e. The van der Waals surface area contributed by atoms with Crippen LogP contribution in [0.5, 0.6) is 0 Å². The first-order valence-corrected chi connectivity index (χ1v) is 9.82. The lowest BCUT2D eigenvalue weighted by Gasteiger charge is -2.34. The highest BCUT2D eigenvalue weighted by atomic mass is 32.2. The number of allylic oxidation sites excluding steroid dienone is 2. The van der Waals surface area contributed by atoms with E-state index in [1.54, 1.807) is 30.3 Å². The fourth-order valence-corrected chi connectivity index (χ4v) is 3.14. The lowest BCUT2D eigenvalue weighted by atomic mass is 9.75. The van der Waals surface area contributed by atoms with Crippen LogP contribution in [0.3, 0.4) is 0 Å². The number of alkyl halides is 3. The van der Waals surface area contributed by atoms with Gasteiger partial charge in [0.1, 0.15) is 5.76 Å². The molecule has 11 heteroatoms. The Morgan fingerprint density at radius 1 is 1.21 bits per heavy atom. The zero-order valence-corrected chi connectivity index (χ0v) is 16.2. The Kier molecular flexibility index (Phi) is 8.59. The van der Waals surface area contributed by atoms with Gasteiger partial charge in [-0.05, 0) is 37.5 Å². The summed E-state index contributed by atoms with van der Waals surface area (Å²) in [6.45, 7) is 1.97. The number of halogens is 3. The number of carbonyl (C=O) groups excluding carboxylic acids is 3. The Bertz CT molecular complexity index is 857. The summed E-state index contributed by atoms with van der Waals surface area (Å²) < 4.78 is 68.8. The molecule has 0 radical (unpaired) electrons. The Labute approximate surface area is 165 Å². The van der Waals surface area contributed by atoms with E-state index < -0.39 is 27.0 Å². The van der Waals surface area contributed by atoms with Crippen molar-refractivity contribution >= 4 is 22.2 Å². The zero-order valence-electron chi connectivity index (χ0n) is 15.4. The second kappa shape index (κ2) is 10.2. The smallest absolute Gasteiger partial charge is 0.461 e. The second-order valence-electron chi connectivity index (χ2n) is 6.24. The molecule has 0 spiro atoms. The first-order chi connectivity index (χ1) is 13.5. The van der Waals surface area contributed by atoms with Gasteiger partial charge in [0.05, 0.1) is 12.2 Å². The average Bonchev–Trinajstić information content (AvgIpc) is 2.68. The standard InChI is InChI=1S/C17H19F3O5S.CO2/c1-2-16(12-24-15(21)13-6-4-3-5-7-13)10-8-14(9-11-16)25-26(22,23)17(18,19)20;2-1-3/h3-8H,2,9-12H2,1H3;. The summed E-state index contributed by atoms with van der Waals surface area (Å²) in [4.78, 5) is 28.3. The summed E-state index contributed by atoms with van der Waals surface area (Å²) in [6, 6.07) is 8.43. The van der Waals surface area contributed by atoms with E-state index in [1.807, 2.05) is 6.92 Å². The number of carbonyl (C=O) groups is 1. The molecule has 1 aromatic carbocycles. The molecule has 29 heavy (non-hydrogen) atoms. The van der Waals surface area contributed by atoms with Gasteiger partial charge in [-0.25, -0.2) is 4.79 Å². The molecule has 1 aromatic rings. The van der Waals surface area contributed by atoms with Crippen molar-refractivity contribution in [3.63, 3.8) is 0 Å². The summed E-state index contributed by atoms with van der Waals surface area (Å²) in [5.74, 6) is -0.718. The number of rotatable bonds is 6. The summed E-state index contributed by atoms with van der Waals surface area (Å²) in [5.41, 5.74) is -5.51. The molecular formula is C18H19F3O7S. The molecule has 1 unspecified atom stereocenters. The van der Waals surface area contributed by atoms with Gasteiger partial charge in [0.2, 0.25) is 0 Å². The van der Waals surface area contributed by atoms with Gasteiger partial charge in [-0.1, -0.05) is 25.1 Å². The van der Waals surface area contributed by atoms with E-state index in [2.05, 4.69) is 4.18 Å². The summed E-state index contributed by atoms with van der Waals surface area (Å²) in [5, 5.41) is 0. The molecule has 1 aliphatic rings. The third kappa shape index (κ3) is 7.03. The normalized spacial score (nSPS) is 19.1. The number of hydrogen-bond acceptors (Lipinski definition) is 7. The number of benzene rings is 1. The maximum atomic E-state index is 12.4. The van der Waals surface area contributed by atoms with Gasteiger partial charge in [-0.3, -0.25) is 0 Å². The van der Waals surface area contributed by atoms with Crippen LogP contribution in [0.25, 0.3) is 0 Å². The van der Waals surface area contributed by atoms with Gasteiger partial charge in [-0.15, -0.1) is 0 Å². The molecule has 1 atom stereocenters. The lowest BCUT2D eigenvalue weighted by molar-refractivity contribution is -0.191. The van der Waals surface area contributed by atoms with Crippen LogP contribution in [0.2, 0.25) is 0 Å². The quantitative estimate of drug-likeness (QED) is 0.381. The molecular weight excluding hydrogens is 417 g/mol. The molecule has 0 fully saturated rings. The molecule has 0 bridgehead atoms. The third-order valence-corrected chi connectivity index (χ3v) is 5.43. The molecule has 0 N–H and O–H groups in total. The molecule has 0 saturated carbocycles. The van der Waals surface area contributed by atoms with Crippen LogP contribution in [0, 0.1) is 5.41 Å². The van der Waals surface area contributed by atoms with Crippen molar-refractivity contribution in [1.29, 1.82) is 0 Å². The van der Waals surface area contributed by atoms with Crippen molar-refractivity contribution in [2.24, 2.45) is 5.41 Å². The highest BCUT2D eigenvalue weighted by Crippen LogP contribution is 2.40. The molecule has 0 aliphatic heterocycles. The maximum absolute atomic E-state index is 12.4. The van der Waals surface area contributed by atoms with E-state index in [0.29, 0.717) is 18.4 Å². The molecule has 2 rings (SSSR count). The van der Waals surface area contributed by atoms with Gasteiger partial charge < -0.3 is 8.92 Å². The summed E-state index contributed by atoms with van der Waals surface area (Å²) >= 11 is 0. The van der Waals surface area contributed by atoms with Crippen molar-refractivity contribution in [2.45, 2.75) is 38.1 Å². The molecule has 7 nitrogen and oxygen atoms in total. The SMILES string of the molecule is CCC1(COC(=O)c2ccccc2)CC=C(OS(=O)(=O)C(F)(F)F)CC1.O=C=O. The van der Waals surface area contributed by atoms with Crippen LogP contribution in [0.4, 0.5) is 13.2 Å². The fourth-order valence-electron chi connectivity index (χ4n) is 2.62. The Hall–Kier alpha value is -2.65. The van der Waals surface area contributed by atoms with Crippen LogP contribution in [-0.4, -0.2) is 32.7 Å². The minimum Gasteiger partial charge on any atom is -0.461 e. The molecule has 1 aliphatic carbocycles. The Morgan fingerprint density at radius 2 is 1.79 bits per heavy atom. The van der Waals surface area contributed by atoms with Gasteiger partial charge in [0.25, 0.3) is 0 Å². The Morgan fingerprint density at radius 3 is 2.24 bits per heavy atom. The van der Waals surface area contributed by atoms with Crippen molar-refractivity contribution in [3.8, 4) is 0 Å². The van der Waals surface area contributed by atoms with E-state index in [-0.39, 0.29) is 31.4 Å². The Balaban J connectivity index is 0.00000132. The van der Waals surface area contributed by atoms with Gasteiger partial charge in [0.15, 0.2) is 0 Å². The average molecular weight is 436 g/mol. The van der Waals surface area contributed by atoms with Gasteiger partial charge in [0, 0.05) is 11.8 Å². The van der Waals surface area contributed by atoms with Crippen LogP contribution in [-0.2, 0) is 28.6 Å². The highest BCUT2D eigenvalue weighted by Gasteiger charge is 2.49. The van der Waals surface area contributed by atoms with Crippen LogP contribution in [0.15, 0.2) is 42.2 Å². The second-order valence-corrected chi connectivity index (χ2v) is 7.77. The van der Waals surface area contributed by atoms with E-state index in [4.69, 9.17) is 14.3 Å². The topological polar surface area (TPSA) is 104 Å². The van der Waals surface area contributed by atoms with E-state index in [1.165, 1.54) is 6.08 Å².